The van der Waals surface area contributed by atoms with Crippen molar-refractivity contribution in [2.24, 2.45) is 0 Å². The van der Waals surface area contributed by atoms with Crippen LogP contribution in [0.15, 0.2) is 65.1 Å². The first-order valence-electron chi connectivity index (χ1n) is 9.65. The molecule has 164 valence electrons. The molecule has 2 aromatic carbocycles. The third kappa shape index (κ3) is 4.95. The number of furan rings is 1. The maximum atomic E-state index is 14.1. The van der Waals surface area contributed by atoms with Gasteiger partial charge in [-0.25, -0.2) is 4.39 Å². The number of carbonyl (C=O) groups is 1. The molecule has 4 rings (SSSR count). The summed E-state index contributed by atoms with van der Waals surface area (Å²) in [5.74, 6) is 0.513. The summed E-state index contributed by atoms with van der Waals surface area (Å²) in [7, 11) is 0. The van der Waals surface area contributed by atoms with Crippen molar-refractivity contribution < 1.29 is 18.3 Å². The van der Waals surface area contributed by atoms with E-state index in [0.29, 0.717) is 32.9 Å². The van der Waals surface area contributed by atoms with Gasteiger partial charge in [-0.05, 0) is 43.3 Å². The van der Waals surface area contributed by atoms with Gasteiger partial charge in [0, 0.05) is 22.3 Å². The van der Waals surface area contributed by atoms with E-state index in [4.69, 9.17) is 32.4 Å². The van der Waals surface area contributed by atoms with Gasteiger partial charge in [0.2, 0.25) is 0 Å². The standard InChI is InChI=1S/C23H18Cl2FN3O3/c1-14-11-22(28-29(14)12-16-17(24)6-4-7-19(16)26)27-23(30)21-10-9-15(32-21)13-31-20-8-3-2-5-18(20)25/h2-11H,12-13H2,1H3,(H,27,28,30). The van der Waals surface area contributed by atoms with Crippen molar-refractivity contribution in [3.05, 3.63) is 99.3 Å². The number of nitrogens with one attached hydrogen (secondary N) is 1. The predicted molar refractivity (Wildman–Crippen MR) is 120 cm³/mol. The first-order chi connectivity index (χ1) is 15.4. The van der Waals surface area contributed by atoms with E-state index in [2.05, 4.69) is 10.4 Å². The second kappa shape index (κ2) is 9.46. The number of hydrogen-bond acceptors (Lipinski definition) is 4. The zero-order chi connectivity index (χ0) is 22.7. The van der Waals surface area contributed by atoms with E-state index >= 15 is 0 Å². The number of hydrogen-bond donors (Lipinski definition) is 1. The van der Waals surface area contributed by atoms with E-state index in [-0.39, 0.29) is 18.9 Å². The Bertz CT molecular complexity index is 1250. The molecule has 0 bridgehead atoms. The van der Waals surface area contributed by atoms with Crippen LogP contribution in [-0.2, 0) is 13.2 Å². The predicted octanol–water partition coefficient (Wildman–Crippen LogP) is 6.11. The summed E-state index contributed by atoms with van der Waals surface area (Å²) >= 11 is 12.2. The minimum Gasteiger partial charge on any atom is -0.484 e. The SMILES string of the molecule is Cc1cc(NC(=O)c2ccc(COc3ccccc3Cl)o2)nn1Cc1c(F)cccc1Cl. The van der Waals surface area contributed by atoms with Crippen LogP contribution in [0.4, 0.5) is 10.2 Å². The normalized spacial score (nSPS) is 10.9. The number of rotatable bonds is 7. The van der Waals surface area contributed by atoms with Crippen LogP contribution < -0.4 is 10.1 Å². The number of para-hydroxylation sites is 1. The lowest BCUT2D eigenvalue weighted by Crippen LogP contribution is -2.12. The van der Waals surface area contributed by atoms with Gasteiger partial charge in [-0.3, -0.25) is 9.48 Å². The molecule has 9 heteroatoms. The molecule has 0 unspecified atom stereocenters. The number of aromatic nitrogens is 2. The molecule has 2 aromatic heterocycles. The third-order valence-corrected chi connectivity index (χ3v) is 5.35. The molecule has 0 spiro atoms. The molecule has 0 aliphatic carbocycles. The maximum Gasteiger partial charge on any atom is 0.292 e. The second-order valence-corrected chi connectivity index (χ2v) is 7.78. The number of amides is 1. The number of benzene rings is 2. The van der Waals surface area contributed by atoms with Gasteiger partial charge in [0.05, 0.1) is 11.6 Å². The Morgan fingerprint density at radius 2 is 1.91 bits per heavy atom. The van der Waals surface area contributed by atoms with Crippen molar-refractivity contribution in [1.29, 1.82) is 0 Å². The van der Waals surface area contributed by atoms with Gasteiger partial charge in [0.15, 0.2) is 11.6 Å². The molecule has 1 N–H and O–H groups in total. The number of ether oxygens (including phenoxy) is 1. The smallest absolute Gasteiger partial charge is 0.292 e. The van der Waals surface area contributed by atoms with Crippen molar-refractivity contribution in [2.45, 2.75) is 20.1 Å². The Labute approximate surface area is 193 Å². The van der Waals surface area contributed by atoms with Gasteiger partial charge in [0.25, 0.3) is 5.91 Å². The van der Waals surface area contributed by atoms with Gasteiger partial charge >= 0.3 is 0 Å². The quantitative estimate of drug-likeness (QED) is 0.351. The monoisotopic (exact) mass is 473 g/mol. The molecule has 0 aliphatic rings. The molecular formula is C23H18Cl2FN3O3. The van der Waals surface area contributed by atoms with Crippen LogP contribution in [-0.4, -0.2) is 15.7 Å². The number of aryl methyl sites for hydroxylation is 1. The highest BCUT2D eigenvalue weighted by Gasteiger charge is 2.16. The van der Waals surface area contributed by atoms with Crippen LogP contribution in [0.1, 0.15) is 27.6 Å². The topological polar surface area (TPSA) is 69.3 Å². The van der Waals surface area contributed by atoms with Crippen LogP contribution >= 0.6 is 23.2 Å². The summed E-state index contributed by atoms with van der Waals surface area (Å²) in [5, 5.41) is 7.80. The van der Waals surface area contributed by atoms with E-state index in [9.17, 15) is 9.18 Å². The molecule has 32 heavy (non-hydrogen) atoms. The van der Waals surface area contributed by atoms with E-state index in [1.54, 1.807) is 60.1 Å². The van der Waals surface area contributed by atoms with Gasteiger partial charge < -0.3 is 14.5 Å². The second-order valence-electron chi connectivity index (χ2n) is 6.97. The molecule has 0 fully saturated rings. The molecule has 2 heterocycles. The third-order valence-electron chi connectivity index (χ3n) is 4.68. The number of halogens is 3. The summed E-state index contributed by atoms with van der Waals surface area (Å²) in [6, 6.07) is 16.4. The van der Waals surface area contributed by atoms with Crippen molar-refractivity contribution in [3.8, 4) is 5.75 Å². The van der Waals surface area contributed by atoms with Gasteiger partial charge in [-0.15, -0.1) is 0 Å². The molecule has 0 saturated heterocycles. The lowest BCUT2D eigenvalue weighted by molar-refractivity contribution is 0.0992. The Hall–Kier alpha value is -3.29. The summed E-state index contributed by atoms with van der Waals surface area (Å²) < 4.78 is 26.8. The van der Waals surface area contributed by atoms with Crippen molar-refractivity contribution in [2.75, 3.05) is 5.32 Å². The number of nitrogens with zero attached hydrogens (tertiary/aromatic N) is 2. The summed E-state index contributed by atoms with van der Waals surface area (Å²) in [5.41, 5.74) is 1.06. The van der Waals surface area contributed by atoms with Crippen LogP contribution in [0.3, 0.4) is 0 Å². The Morgan fingerprint density at radius 3 is 2.69 bits per heavy atom. The first-order valence-corrected chi connectivity index (χ1v) is 10.4. The van der Waals surface area contributed by atoms with Gasteiger partial charge in [0.1, 0.15) is 23.9 Å². The minimum absolute atomic E-state index is 0.104. The maximum absolute atomic E-state index is 14.1. The average molecular weight is 474 g/mol. The van der Waals surface area contributed by atoms with Crippen molar-refractivity contribution in [1.82, 2.24) is 9.78 Å². The molecule has 1 amide bonds. The van der Waals surface area contributed by atoms with Gasteiger partial charge in [-0.1, -0.05) is 41.4 Å². The van der Waals surface area contributed by atoms with Crippen LogP contribution in [0.5, 0.6) is 5.75 Å². The molecular weight excluding hydrogens is 456 g/mol. The van der Waals surface area contributed by atoms with Crippen LogP contribution in [0, 0.1) is 12.7 Å². The van der Waals surface area contributed by atoms with Crippen LogP contribution in [0.25, 0.3) is 0 Å². The van der Waals surface area contributed by atoms with E-state index < -0.39 is 11.7 Å². The highest BCUT2D eigenvalue weighted by molar-refractivity contribution is 6.32. The minimum atomic E-state index is -0.470. The lowest BCUT2D eigenvalue weighted by Gasteiger charge is -2.07. The molecule has 0 radical (unpaired) electrons. The Balaban J connectivity index is 1.40. The summed E-state index contributed by atoms with van der Waals surface area (Å²) in [6.45, 7) is 2.06. The Kier molecular flexibility index (Phi) is 6.48. The largest absolute Gasteiger partial charge is 0.484 e. The molecule has 4 aromatic rings. The van der Waals surface area contributed by atoms with E-state index in [1.165, 1.54) is 6.07 Å². The van der Waals surface area contributed by atoms with E-state index in [0.717, 1.165) is 5.69 Å². The fourth-order valence-electron chi connectivity index (χ4n) is 3.03. The molecule has 6 nitrogen and oxygen atoms in total. The molecule has 0 atom stereocenters. The molecule has 0 aliphatic heterocycles. The van der Waals surface area contributed by atoms with E-state index in [1.807, 2.05) is 6.07 Å². The summed E-state index contributed by atoms with van der Waals surface area (Å²) in [6.07, 6.45) is 0. The first kappa shape index (κ1) is 21.9. The summed E-state index contributed by atoms with van der Waals surface area (Å²) in [4.78, 5) is 12.5. The van der Waals surface area contributed by atoms with Crippen molar-refractivity contribution in [3.63, 3.8) is 0 Å². The van der Waals surface area contributed by atoms with Crippen molar-refractivity contribution >= 4 is 34.9 Å². The zero-order valence-electron chi connectivity index (χ0n) is 16.9. The molecule has 0 saturated carbocycles. The van der Waals surface area contributed by atoms with Gasteiger partial charge in [-0.2, -0.15) is 5.10 Å². The number of anilines is 1. The number of carbonyl (C=O) groups excluding carboxylic acids is 1. The van der Waals surface area contributed by atoms with Crippen LogP contribution in [0.2, 0.25) is 10.0 Å². The average Bonchev–Trinajstić information content (AvgIpc) is 3.37. The fraction of sp³-hybridized carbons (Fsp3) is 0.130. The zero-order valence-corrected chi connectivity index (χ0v) is 18.5. The highest BCUT2D eigenvalue weighted by atomic mass is 35.5. The fourth-order valence-corrected chi connectivity index (χ4v) is 3.44. The Morgan fingerprint density at radius 1 is 1.12 bits per heavy atom. The highest BCUT2D eigenvalue weighted by Crippen LogP contribution is 2.25. The lowest BCUT2D eigenvalue weighted by atomic mass is 10.2.